The van der Waals surface area contributed by atoms with Gasteiger partial charge < -0.3 is 15.4 Å². The Bertz CT molecular complexity index is 537. The molecule has 0 saturated heterocycles. The van der Waals surface area contributed by atoms with E-state index in [1.807, 2.05) is 12.1 Å². The molecule has 0 bridgehead atoms. The third-order valence-electron chi connectivity index (χ3n) is 5.55. The second-order valence-electron chi connectivity index (χ2n) is 7.42. The molecule has 0 aromatic heterocycles. The van der Waals surface area contributed by atoms with Crippen LogP contribution in [0.15, 0.2) is 24.3 Å². The van der Waals surface area contributed by atoms with Crippen LogP contribution in [0, 0.1) is 5.92 Å². The summed E-state index contributed by atoms with van der Waals surface area (Å²) in [4.78, 5) is 12.2. The molecule has 1 aromatic rings. The third kappa shape index (κ3) is 5.61. The molecule has 0 heterocycles. The van der Waals surface area contributed by atoms with Crippen molar-refractivity contribution in [2.24, 2.45) is 5.92 Å². The van der Waals surface area contributed by atoms with Gasteiger partial charge in [-0.25, -0.2) is 0 Å². The molecule has 2 saturated carbocycles. The van der Waals surface area contributed by atoms with Gasteiger partial charge in [-0.1, -0.05) is 31.4 Å². The predicted octanol–water partition coefficient (Wildman–Crippen LogP) is 3.43. The largest absolute Gasteiger partial charge is 0.497 e. The maximum Gasteiger partial charge on any atom is 0.233 e. The molecular formula is C20H31ClN2O2. The SMILES string of the molecule is COc1ccc(C2(CNC(=O)CNCC3CC3)CCCCC2)cc1.Cl. The van der Waals surface area contributed by atoms with Gasteiger partial charge in [0.25, 0.3) is 0 Å². The van der Waals surface area contributed by atoms with E-state index in [2.05, 4.69) is 22.8 Å². The summed E-state index contributed by atoms with van der Waals surface area (Å²) in [6.45, 7) is 2.16. The van der Waals surface area contributed by atoms with Gasteiger partial charge in [-0.15, -0.1) is 12.4 Å². The summed E-state index contributed by atoms with van der Waals surface area (Å²) >= 11 is 0. The second kappa shape index (κ2) is 9.44. The minimum Gasteiger partial charge on any atom is -0.497 e. The van der Waals surface area contributed by atoms with Gasteiger partial charge in [-0.3, -0.25) is 4.79 Å². The van der Waals surface area contributed by atoms with Gasteiger partial charge in [0, 0.05) is 12.0 Å². The van der Waals surface area contributed by atoms with Crippen molar-refractivity contribution in [3.05, 3.63) is 29.8 Å². The van der Waals surface area contributed by atoms with Gasteiger partial charge in [0.15, 0.2) is 0 Å². The summed E-state index contributed by atoms with van der Waals surface area (Å²) in [5.41, 5.74) is 1.41. The van der Waals surface area contributed by atoms with Gasteiger partial charge in [-0.2, -0.15) is 0 Å². The maximum atomic E-state index is 12.2. The van der Waals surface area contributed by atoms with Gasteiger partial charge in [0.1, 0.15) is 5.75 Å². The fraction of sp³-hybridized carbons (Fsp3) is 0.650. The van der Waals surface area contributed by atoms with Crippen molar-refractivity contribution in [1.29, 1.82) is 0 Å². The molecule has 0 unspecified atom stereocenters. The maximum absolute atomic E-state index is 12.2. The van der Waals surface area contributed by atoms with E-state index in [-0.39, 0.29) is 23.7 Å². The zero-order valence-electron chi connectivity index (χ0n) is 15.2. The molecular weight excluding hydrogens is 336 g/mol. The van der Waals surface area contributed by atoms with Crippen LogP contribution in [-0.4, -0.2) is 32.7 Å². The van der Waals surface area contributed by atoms with Crippen molar-refractivity contribution in [2.45, 2.75) is 50.4 Å². The minimum atomic E-state index is 0. The number of benzene rings is 1. The highest BCUT2D eigenvalue weighted by molar-refractivity contribution is 5.85. The van der Waals surface area contributed by atoms with Crippen LogP contribution in [0.3, 0.4) is 0 Å². The Morgan fingerprint density at radius 1 is 1.16 bits per heavy atom. The number of carbonyl (C=O) groups excluding carboxylic acids is 1. The quantitative estimate of drug-likeness (QED) is 0.741. The molecule has 1 amide bonds. The normalized spacial score (nSPS) is 18.9. The lowest BCUT2D eigenvalue weighted by molar-refractivity contribution is -0.120. The molecule has 2 fully saturated rings. The second-order valence-corrected chi connectivity index (χ2v) is 7.42. The third-order valence-corrected chi connectivity index (χ3v) is 5.55. The Labute approximate surface area is 157 Å². The summed E-state index contributed by atoms with van der Waals surface area (Å²) in [7, 11) is 1.69. The molecule has 4 nitrogen and oxygen atoms in total. The van der Waals surface area contributed by atoms with E-state index in [4.69, 9.17) is 4.74 Å². The Morgan fingerprint density at radius 3 is 2.44 bits per heavy atom. The van der Waals surface area contributed by atoms with Gasteiger partial charge in [0.05, 0.1) is 13.7 Å². The van der Waals surface area contributed by atoms with Crippen molar-refractivity contribution in [2.75, 3.05) is 26.7 Å². The van der Waals surface area contributed by atoms with E-state index in [9.17, 15) is 4.79 Å². The Balaban J connectivity index is 0.00000225. The molecule has 2 aliphatic carbocycles. The lowest BCUT2D eigenvalue weighted by atomic mass is 9.69. The molecule has 3 rings (SSSR count). The van der Waals surface area contributed by atoms with E-state index in [0.29, 0.717) is 6.54 Å². The molecule has 1 aromatic carbocycles. The van der Waals surface area contributed by atoms with E-state index in [1.54, 1.807) is 7.11 Å². The standard InChI is InChI=1S/C20H30N2O2.ClH/c1-24-18-9-7-17(8-10-18)20(11-3-2-4-12-20)15-22-19(23)14-21-13-16-5-6-16;/h7-10,16,21H,2-6,11-15H2,1H3,(H,22,23);1H. The lowest BCUT2D eigenvalue weighted by Gasteiger charge is -2.38. The first-order valence-electron chi connectivity index (χ1n) is 9.34. The van der Waals surface area contributed by atoms with Crippen LogP contribution in [0.4, 0.5) is 0 Å². The summed E-state index contributed by atoms with van der Waals surface area (Å²) in [6.07, 6.45) is 8.70. The first-order valence-corrected chi connectivity index (χ1v) is 9.34. The average Bonchev–Trinajstić information content (AvgIpc) is 3.45. The summed E-state index contributed by atoms with van der Waals surface area (Å²) in [6, 6.07) is 8.40. The van der Waals surface area contributed by atoms with E-state index in [0.717, 1.165) is 37.6 Å². The highest BCUT2D eigenvalue weighted by Gasteiger charge is 2.34. The molecule has 0 radical (unpaired) electrons. The summed E-state index contributed by atoms with van der Waals surface area (Å²) in [5.74, 6) is 1.81. The van der Waals surface area contributed by atoms with Crippen LogP contribution in [-0.2, 0) is 10.2 Å². The number of rotatable bonds is 8. The number of hydrogen-bond donors (Lipinski definition) is 2. The first kappa shape index (κ1) is 20.1. The minimum absolute atomic E-state index is 0. The van der Waals surface area contributed by atoms with Gasteiger partial charge in [0.2, 0.25) is 5.91 Å². The van der Waals surface area contributed by atoms with Crippen molar-refractivity contribution in [3.8, 4) is 5.75 Å². The van der Waals surface area contributed by atoms with Crippen molar-refractivity contribution in [3.63, 3.8) is 0 Å². The van der Waals surface area contributed by atoms with Crippen LogP contribution in [0.5, 0.6) is 5.75 Å². The van der Waals surface area contributed by atoms with Crippen LogP contribution in [0.2, 0.25) is 0 Å². The van der Waals surface area contributed by atoms with Crippen LogP contribution in [0.1, 0.15) is 50.5 Å². The van der Waals surface area contributed by atoms with Crippen LogP contribution in [0.25, 0.3) is 0 Å². The summed E-state index contributed by atoms with van der Waals surface area (Å²) < 4.78 is 5.28. The predicted molar refractivity (Wildman–Crippen MR) is 104 cm³/mol. The van der Waals surface area contributed by atoms with Gasteiger partial charge >= 0.3 is 0 Å². The number of ether oxygens (including phenoxy) is 1. The summed E-state index contributed by atoms with van der Waals surface area (Å²) in [5, 5.41) is 6.46. The number of hydrogen-bond acceptors (Lipinski definition) is 3. The Kier molecular flexibility index (Phi) is 7.57. The van der Waals surface area contributed by atoms with E-state index in [1.165, 1.54) is 37.7 Å². The fourth-order valence-electron chi connectivity index (χ4n) is 3.78. The first-order chi connectivity index (χ1) is 11.7. The van der Waals surface area contributed by atoms with E-state index >= 15 is 0 Å². The number of halogens is 1. The smallest absolute Gasteiger partial charge is 0.233 e. The Morgan fingerprint density at radius 2 is 1.84 bits per heavy atom. The van der Waals surface area contributed by atoms with Crippen molar-refractivity contribution >= 4 is 18.3 Å². The van der Waals surface area contributed by atoms with E-state index < -0.39 is 0 Å². The highest BCUT2D eigenvalue weighted by atomic mass is 35.5. The lowest BCUT2D eigenvalue weighted by Crippen LogP contribution is -2.44. The van der Waals surface area contributed by atoms with Crippen molar-refractivity contribution < 1.29 is 9.53 Å². The average molecular weight is 367 g/mol. The monoisotopic (exact) mass is 366 g/mol. The highest BCUT2D eigenvalue weighted by Crippen LogP contribution is 2.39. The Hall–Kier alpha value is -1.26. The molecule has 2 N–H and O–H groups in total. The number of amides is 1. The van der Waals surface area contributed by atoms with Crippen LogP contribution < -0.4 is 15.4 Å². The molecule has 0 spiro atoms. The fourth-order valence-corrected chi connectivity index (χ4v) is 3.78. The molecule has 0 aliphatic heterocycles. The number of nitrogens with one attached hydrogen (secondary N) is 2. The topological polar surface area (TPSA) is 50.4 Å². The molecule has 0 atom stereocenters. The molecule has 5 heteroatoms. The molecule has 25 heavy (non-hydrogen) atoms. The molecule has 2 aliphatic rings. The van der Waals surface area contributed by atoms with Gasteiger partial charge in [-0.05, 0) is 55.8 Å². The van der Waals surface area contributed by atoms with Crippen molar-refractivity contribution in [1.82, 2.24) is 10.6 Å². The number of methoxy groups -OCH3 is 1. The molecule has 140 valence electrons. The number of carbonyl (C=O) groups is 1. The zero-order chi connectivity index (χ0) is 16.8. The zero-order valence-corrected chi connectivity index (χ0v) is 16.0. The van der Waals surface area contributed by atoms with Crippen LogP contribution >= 0.6 is 12.4 Å².